The summed E-state index contributed by atoms with van der Waals surface area (Å²) in [5.74, 6) is -0.534. The number of benzene rings is 2. The van der Waals surface area contributed by atoms with E-state index in [9.17, 15) is 8.78 Å². The molecule has 0 aliphatic heterocycles. The second kappa shape index (κ2) is 8.14. The maximum absolute atomic E-state index is 12.9. The molecule has 0 aromatic heterocycles. The van der Waals surface area contributed by atoms with Crippen molar-refractivity contribution in [2.45, 2.75) is 0 Å². The molecule has 2 aromatic rings. The van der Waals surface area contributed by atoms with Crippen molar-refractivity contribution in [3.8, 4) is 0 Å². The Morgan fingerprint density at radius 1 is 0.765 bits per heavy atom. The second-order valence-corrected chi connectivity index (χ2v) is 4.33. The van der Waals surface area contributed by atoms with Crippen molar-refractivity contribution in [2.24, 2.45) is 0 Å². The van der Waals surface area contributed by atoms with Crippen molar-refractivity contribution >= 4 is 42.2 Å². The van der Waals surface area contributed by atoms with Gasteiger partial charge in [0.2, 0.25) is 0 Å². The summed E-state index contributed by atoms with van der Waals surface area (Å²) in [4.78, 5) is 0. The van der Waals surface area contributed by atoms with Gasteiger partial charge in [-0.1, -0.05) is 36.4 Å². The van der Waals surface area contributed by atoms with E-state index in [2.05, 4.69) is 0 Å². The van der Waals surface area contributed by atoms with Crippen LogP contribution in [0.1, 0.15) is 0 Å². The molecule has 0 heterocycles. The van der Waals surface area contributed by atoms with Crippen LogP contribution in [0.4, 0.5) is 8.78 Å². The molecule has 0 aliphatic carbocycles. The van der Waals surface area contributed by atoms with Gasteiger partial charge in [-0.05, 0) is 12.1 Å². The van der Waals surface area contributed by atoms with E-state index in [-0.39, 0.29) is 51.7 Å². The van der Waals surface area contributed by atoms with Gasteiger partial charge in [-0.25, -0.2) is 8.78 Å². The topological polar surface area (TPSA) is 0 Å². The fourth-order valence-electron chi connectivity index (χ4n) is 1.24. The Morgan fingerprint density at radius 2 is 1.18 bits per heavy atom. The fraction of sp³-hybridized carbons (Fsp3) is 0. The van der Waals surface area contributed by atoms with Gasteiger partial charge in [0.05, 0.1) is 0 Å². The van der Waals surface area contributed by atoms with E-state index in [4.69, 9.17) is 0 Å². The third kappa shape index (κ3) is 5.43. The molecule has 0 bridgehead atoms. The molecule has 84 valence electrons. The second-order valence-electron chi connectivity index (χ2n) is 3.07. The third-order valence-electron chi connectivity index (χ3n) is 1.87. The minimum Gasteiger partial charge on any atom is -1.00 e. The number of hydrogen-bond donors (Lipinski definition) is 0. The van der Waals surface area contributed by atoms with Crippen molar-refractivity contribution in [3.05, 3.63) is 60.2 Å². The molecule has 0 nitrogen and oxygen atoms in total. The Bertz CT molecular complexity index is 436. The SMILES string of the molecule is Fc1cccc([P-]c2cccc(F)c2)c1.[Br-].[Mg+2]. The van der Waals surface area contributed by atoms with Gasteiger partial charge in [-0.3, -0.25) is 0 Å². The first-order chi connectivity index (χ1) is 7.24. The number of rotatable bonds is 2. The largest absolute Gasteiger partial charge is 2.00 e. The molecule has 0 radical (unpaired) electrons. The molecule has 0 atom stereocenters. The van der Waals surface area contributed by atoms with E-state index in [1.54, 1.807) is 12.1 Å². The average Bonchev–Trinajstić information content (AvgIpc) is 2.17. The summed E-state index contributed by atoms with van der Waals surface area (Å²) in [6.07, 6.45) is 0. The Hall–Kier alpha value is -0.0238. The van der Waals surface area contributed by atoms with Crippen molar-refractivity contribution in [1.82, 2.24) is 0 Å². The van der Waals surface area contributed by atoms with Crippen LogP contribution in [0.3, 0.4) is 0 Å². The molecule has 2 aromatic carbocycles. The van der Waals surface area contributed by atoms with Crippen LogP contribution in [0.15, 0.2) is 48.5 Å². The molecule has 0 saturated carbocycles. The average molecular weight is 325 g/mol. The van der Waals surface area contributed by atoms with Crippen LogP contribution in [0, 0.1) is 11.6 Å². The molecular weight excluding hydrogens is 317 g/mol. The van der Waals surface area contributed by atoms with Crippen LogP contribution in [0.2, 0.25) is 0 Å². The summed E-state index contributed by atoms with van der Waals surface area (Å²) in [6.45, 7) is 0. The third-order valence-corrected chi connectivity index (χ3v) is 2.95. The Kier molecular flexibility index (Phi) is 8.13. The van der Waals surface area contributed by atoms with E-state index in [1.165, 1.54) is 24.3 Å². The Labute approximate surface area is 128 Å². The first kappa shape index (κ1) is 17.0. The van der Waals surface area contributed by atoms with Crippen LogP contribution >= 0.6 is 8.58 Å². The molecule has 0 N–H and O–H groups in total. The van der Waals surface area contributed by atoms with Gasteiger partial charge in [0.25, 0.3) is 0 Å². The number of halogens is 3. The molecule has 0 spiro atoms. The van der Waals surface area contributed by atoms with Crippen molar-refractivity contribution in [1.29, 1.82) is 0 Å². The maximum atomic E-state index is 12.9. The van der Waals surface area contributed by atoms with Crippen LogP contribution in [-0.2, 0) is 0 Å². The van der Waals surface area contributed by atoms with Gasteiger partial charge in [0, 0.05) is 0 Å². The molecule has 0 aliphatic rings. The van der Waals surface area contributed by atoms with E-state index in [0.717, 1.165) is 19.2 Å². The first-order valence-electron chi connectivity index (χ1n) is 4.47. The smallest absolute Gasteiger partial charge is 1.00 e. The molecule has 0 fully saturated rings. The van der Waals surface area contributed by atoms with Crippen molar-refractivity contribution in [2.75, 3.05) is 0 Å². The standard InChI is InChI=1S/C12H8F2P.BrH.Mg/c13-9-3-1-5-11(7-9)15-12-6-2-4-10(14)8-12;;/h1-8H;1H;/q-1;;+2/p-1. The summed E-state index contributed by atoms with van der Waals surface area (Å²) in [5, 5.41) is 1.64. The summed E-state index contributed by atoms with van der Waals surface area (Å²) < 4.78 is 25.7. The Balaban J connectivity index is 0.00000128. The molecule has 17 heavy (non-hydrogen) atoms. The van der Waals surface area contributed by atoms with Gasteiger partial charge in [0.15, 0.2) is 0 Å². The summed E-state index contributed by atoms with van der Waals surface area (Å²) >= 11 is 0. The zero-order chi connectivity index (χ0) is 10.7. The summed E-state index contributed by atoms with van der Waals surface area (Å²) in [5.41, 5.74) is 0. The van der Waals surface area contributed by atoms with Gasteiger partial charge < -0.3 is 25.6 Å². The van der Waals surface area contributed by atoms with Gasteiger partial charge in [-0.15, -0.1) is 0 Å². The maximum Gasteiger partial charge on any atom is 2.00 e. The zero-order valence-corrected chi connectivity index (χ0v) is 12.8. The molecule has 0 saturated heterocycles. The minimum absolute atomic E-state index is 0. The van der Waals surface area contributed by atoms with E-state index in [1.807, 2.05) is 12.1 Å². The quantitative estimate of drug-likeness (QED) is 0.515. The molecule has 5 heteroatoms. The predicted molar refractivity (Wildman–Crippen MR) is 64.7 cm³/mol. The van der Waals surface area contributed by atoms with Crippen LogP contribution in [-0.4, -0.2) is 23.1 Å². The summed E-state index contributed by atoms with van der Waals surface area (Å²) in [6, 6.07) is 12.6. The van der Waals surface area contributed by atoms with Crippen molar-refractivity contribution in [3.63, 3.8) is 0 Å². The van der Waals surface area contributed by atoms with E-state index >= 15 is 0 Å². The minimum atomic E-state index is -0.267. The Morgan fingerprint density at radius 3 is 1.53 bits per heavy atom. The van der Waals surface area contributed by atoms with Crippen LogP contribution < -0.4 is 27.6 Å². The van der Waals surface area contributed by atoms with Crippen LogP contribution in [0.25, 0.3) is 0 Å². The van der Waals surface area contributed by atoms with E-state index < -0.39 is 0 Å². The van der Waals surface area contributed by atoms with Gasteiger partial charge >= 0.3 is 23.1 Å². The molecule has 2 rings (SSSR count). The van der Waals surface area contributed by atoms with E-state index in [0.29, 0.717) is 0 Å². The molecule has 0 unspecified atom stereocenters. The monoisotopic (exact) mass is 324 g/mol. The molecular formula is C12H8BrF2MgP. The normalized spacial score (nSPS) is 9.06. The van der Waals surface area contributed by atoms with Crippen LogP contribution in [0.5, 0.6) is 0 Å². The first-order valence-corrected chi connectivity index (χ1v) is 5.36. The van der Waals surface area contributed by atoms with Gasteiger partial charge in [-0.2, -0.15) is 10.6 Å². The predicted octanol–water partition coefficient (Wildman–Crippen LogP) is -0.515. The number of hydrogen-bond acceptors (Lipinski definition) is 0. The molecule has 0 amide bonds. The summed E-state index contributed by atoms with van der Waals surface area (Å²) in [7, 11) is 0.813. The van der Waals surface area contributed by atoms with Crippen molar-refractivity contribution < 1.29 is 25.8 Å². The van der Waals surface area contributed by atoms with Gasteiger partial charge in [0.1, 0.15) is 11.6 Å². The fourth-order valence-corrected chi connectivity index (χ4v) is 2.24. The zero-order valence-electron chi connectivity index (χ0n) is 8.91.